The SMILES string of the molecule is CC.CCOC(COc1ccc(-c2cccc(OS(=O)(=O)C(F)(F)F)c2C)cc1)OCC. The molecule has 0 fully saturated rings. The van der Waals surface area contributed by atoms with Gasteiger partial charge in [-0.25, -0.2) is 0 Å². The lowest BCUT2D eigenvalue weighted by molar-refractivity contribution is -0.152. The van der Waals surface area contributed by atoms with Gasteiger partial charge in [-0.3, -0.25) is 0 Å². The summed E-state index contributed by atoms with van der Waals surface area (Å²) < 4.78 is 81.1. The van der Waals surface area contributed by atoms with Crippen molar-refractivity contribution in [2.75, 3.05) is 19.8 Å². The number of halogens is 3. The van der Waals surface area contributed by atoms with E-state index >= 15 is 0 Å². The number of hydrogen-bond acceptors (Lipinski definition) is 6. The summed E-state index contributed by atoms with van der Waals surface area (Å²) in [5.74, 6) is 0.161. The molecule has 10 heteroatoms. The molecule has 2 rings (SSSR count). The summed E-state index contributed by atoms with van der Waals surface area (Å²) in [7, 11) is -5.75. The predicted octanol–water partition coefficient (Wildman–Crippen LogP) is 5.69. The van der Waals surface area contributed by atoms with Crippen LogP contribution in [-0.4, -0.2) is 40.0 Å². The summed E-state index contributed by atoms with van der Waals surface area (Å²) in [5, 5.41) is 0. The molecular weight excluding hydrogens is 449 g/mol. The van der Waals surface area contributed by atoms with Gasteiger partial charge in [0.15, 0.2) is 6.29 Å². The quantitative estimate of drug-likeness (QED) is 0.248. The third-order valence-corrected chi connectivity index (χ3v) is 4.99. The summed E-state index contributed by atoms with van der Waals surface area (Å²) in [6, 6.07) is 11.0. The van der Waals surface area contributed by atoms with Gasteiger partial charge in [-0.2, -0.15) is 21.6 Å². The van der Waals surface area contributed by atoms with Crippen LogP contribution in [0.4, 0.5) is 13.2 Å². The highest BCUT2D eigenvalue weighted by atomic mass is 32.2. The third-order valence-electron chi connectivity index (χ3n) is 4.02. The zero-order valence-electron chi connectivity index (χ0n) is 18.7. The van der Waals surface area contributed by atoms with Crippen LogP contribution in [0.5, 0.6) is 11.5 Å². The lowest BCUT2D eigenvalue weighted by Gasteiger charge is -2.17. The van der Waals surface area contributed by atoms with E-state index in [1.54, 1.807) is 30.3 Å². The van der Waals surface area contributed by atoms with Crippen LogP contribution in [0.15, 0.2) is 42.5 Å². The van der Waals surface area contributed by atoms with Gasteiger partial charge < -0.3 is 18.4 Å². The molecule has 0 bridgehead atoms. The number of ether oxygens (including phenoxy) is 3. The van der Waals surface area contributed by atoms with Crippen molar-refractivity contribution in [2.45, 2.75) is 46.4 Å². The molecule has 32 heavy (non-hydrogen) atoms. The molecule has 180 valence electrons. The van der Waals surface area contributed by atoms with Gasteiger partial charge in [0.25, 0.3) is 0 Å². The Balaban J connectivity index is 0.00000249. The van der Waals surface area contributed by atoms with Crippen LogP contribution in [0.25, 0.3) is 11.1 Å². The fourth-order valence-electron chi connectivity index (χ4n) is 2.59. The summed E-state index contributed by atoms with van der Waals surface area (Å²) in [6.07, 6.45) is -0.494. The summed E-state index contributed by atoms with van der Waals surface area (Å²) in [4.78, 5) is 0. The topological polar surface area (TPSA) is 71.1 Å². The molecule has 0 aliphatic heterocycles. The maximum Gasteiger partial charge on any atom is 0.534 e. The molecule has 0 heterocycles. The minimum Gasteiger partial charge on any atom is -0.488 e. The Morgan fingerprint density at radius 1 is 0.938 bits per heavy atom. The maximum atomic E-state index is 12.6. The fraction of sp³-hybridized carbons (Fsp3) is 0.455. The van der Waals surface area contributed by atoms with Crippen LogP contribution in [0.1, 0.15) is 33.3 Å². The Bertz CT molecular complexity index is 922. The zero-order valence-corrected chi connectivity index (χ0v) is 19.5. The second kappa shape index (κ2) is 12.7. The van der Waals surface area contributed by atoms with Crippen molar-refractivity contribution in [3.05, 3.63) is 48.0 Å². The number of alkyl halides is 3. The lowest BCUT2D eigenvalue weighted by Crippen LogP contribution is -2.28. The fourth-order valence-corrected chi connectivity index (χ4v) is 3.11. The van der Waals surface area contributed by atoms with Crippen molar-refractivity contribution >= 4 is 10.1 Å². The van der Waals surface area contributed by atoms with Crippen LogP contribution >= 0.6 is 0 Å². The first kappa shape index (κ1) is 27.7. The molecule has 0 saturated carbocycles. The van der Waals surface area contributed by atoms with Crippen molar-refractivity contribution in [1.29, 1.82) is 0 Å². The average molecular weight is 479 g/mol. The summed E-state index contributed by atoms with van der Waals surface area (Å²) >= 11 is 0. The molecule has 0 aliphatic rings. The van der Waals surface area contributed by atoms with Crippen molar-refractivity contribution in [3.63, 3.8) is 0 Å². The first-order chi connectivity index (χ1) is 15.1. The normalized spacial score (nSPS) is 11.7. The minimum absolute atomic E-state index is 0.193. The average Bonchev–Trinajstić information content (AvgIpc) is 2.75. The Labute approximate surface area is 187 Å². The van der Waals surface area contributed by atoms with Crippen molar-refractivity contribution in [2.24, 2.45) is 0 Å². The second-order valence-electron chi connectivity index (χ2n) is 6.09. The number of hydrogen-bond donors (Lipinski definition) is 0. The van der Waals surface area contributed by atoms with Gasteiger partial charge in [0.2, 0.25) is 0 Å². The van der Waals surface area contributed by atoms with E-state index in [1.807, 2.05) is 27.7 Å². The molecular formula is C22H29F3O6S. The summed E-state index contributed by atoms with van der Waals surface area (Å²) in [5.41, 5.74) is -4.07. The van der Waals surface area contributed by atoms with E-state index in [1.165, 1.54) is 19.1 Å². The highest BCUT2D eigenvalue weighted by Gasteiger charge is 2.48. The van der Waals surface area contributed by atoms with E-state index in [9.17, 15) is 21.6 Å². The molecule has 0 unspecified atom stereocenters. The molecule has 0 atom stereocenters. The standard InChI is InChI=1S/C20H23F3O6S.C2H6/c1-4-26-19(27-5-2)13-28-16-11-9-15(10-12-16)17-7-6-8-18(14(17)3)29-30(24,25)20(21,22)23;1-2/h6-12,19H,4-5,13H2,1-3H3;1-2H3. The Kier molecular flexibility index (Phi) is 11.0. The molecule has 6 nitrogen and oxygen atoms in total. The van der Waals surface area contributed by atoms with E-state index in [0.29, 0.717) is 30.1 Å². The smallest absolute Gasteiger partial charge is 0.488 e. The Hall–Kier alpha value is -2.30. The van der Waals surface area contributed by atoms with Crippen LogP contribution in [0.3, 0.4) is 0 Å². The second-order valence-corrected chi connectivity index (χ2v) is 7.63. The number of rotatable bonds is 10. The van der Waals surface area contributed by atoms with Gasteiger partial charge in [0.1, 0.15) is 18.1 Å². The van der Waals surface area contributed by atoms with Crippen LogP contribution in [-0.2, 0) is 19.6 Å². The zero-order chi connectivity index (χ0) is 24.4. The van der Waals surface area contributed by atoms with Crippen LogP contribution < -0.4 is 8.92 Å². The van der Waals surface area contributed by atoms with E-state index in [-0.39, 0.29) is 17.9 Å². The molecule has 2 aromatic carbocycles. The molecule has 0 aromatic heterocycles. The molecule has 2 aromatic rings. The Morgan fingerprint density at radius 2 is 1.50 bits per heavy atom. The first-order valence-electron chi connectivity index (χ1n) is 10.2. The monoisotopic (exact) mass is 478 g/mol. The van der Waals surface area contributed by atoms with Crippen molar-refractivity contribution in [1.82, 2.24) is 0 Å². The van der Waals surface area contributed by atoms with E-state index in [4.69, 9.17) is 14.2 Å². The first-order valence-corrected chi connectivity index (χ1v) is 11.6. The molecule has 0 N–H and O–H groups in total. The highest BCUT2D eigenvalue weighted by Crippen LogP contribution is 2.34. The van der Waals surface area contributed by atoms with Crippen molar-refractivity contribution < 1.29 is 40.0 Å². The Morgan fingerprint density at radius 3 is 2.00 bits per heavy atom. The molecule has 0 saturated heterocycles. The van der Waals surface area contributed by atoms with E-state index in [0.717, 1.165) is 0 Å². The minimum atomic E-state index is -5.75. The van der Waals surface area contributed by atoms with Gasteiger partial charge in [0, 0.05) is 18.8 Å². The van der Waals surface area contributed by atoms with Crippen LogP contribution in [0, 0.1) is 6.92 Å². The van der Waals surface area contributed by atoms with E-state index in [2.05, 4.69) is 4.18 Å². The largest absolute Gasteiger partial charge is 0.534 e. The molecule has 0 spiro atoms. The summed E-state index contributed by atoms with van der Waals surface area (Å²) in [6.45, 7) is 10.3. The van der Waals surface area contributed by atoms with Crippen LogP contribution in [0.2, 0.25) is 0 Å². The third kappa shape index (κ3) is 7.68. The predicted molar refractivity (Wildman–Crippen MR) is 116 cm³/mol. The van der Waals surface area contributed by atoms with Gasteiger partial charge in [-0.1, -0.05) is 38.1 Å². The number of benzene rings is 2. The van der Waals surface area contributed by atoms with Crippen molar-refractivity contribution in [3.8, 4) is 22.6 Å². The highest BCUT2D eigenvalue weighted by molar-refractivity contribution is 7.88. The molecule has 0 amide bonds. The van der Waals surface area contributed by atoms with Gasteiger partial charge in [-0.15, -0.1) is 0 Å². The molecule has 0 radical (unpaired) electrons. The molecule has 0 aliphatic carbocycles. The van der Waals surface area contributed by atoms with Gasteiger partial charge in [0.05, 0.1) is 0 Å². The van der Waals surface area contributed by atoms with Gasteiger partial charge in [-0.05, 0) is 50.1 Å². The lowest BCUT2D eigenvalue weighted by atomic mass is 10.00. The van der Waals surface area contributed by atoms with E-state index < -0.39 is 21.9 Å². The maximum absolute atomic E-state index is 12.6. The van der Waals surface area contributed by atoms with Gasteiger partial charge >= 0.3 is 15.6 Å².